The summed E-state index contributed by atoms with van der Waals surface area (Å²) >= 11 is 0. The van der Waals surface area contributed by atoms with Crippen molar-refractivity contribution in [2.24, 2.45) is 7.05 Å². The van der Waals surface area contributed by atoms with Crippen molar-refractivity contribution in [3.63, 3.8) is 0 Å². The van der Waals surface area contributed by atoms with Crippen LogP contribution in [0.1, 0.15) is 21.7 Å². The van der Waals surface area contributed by atoms with Crippen LogP contribution in [0.25, 0.3) is 11.0 Å². The molecule has 3 aromatic heterocycles. The van der Waals surface area contributed by atoms with Gasteiger partial charge in [0.05, 0.1) is 6.33 Å². The monoisotopic (exact) mass is 293 g/mol. The molecule has 1 aliphatic rings. The molecule has 0 aromatic carbocycles. The van der Waals surface area contributed by atoms with Gasteiger partial charge in [-0.1, -0.05) is 0 Å². The minimum absolute atomic E-state index is 0.0301. The summed E-state index contributed by atoms with van der Waals surface area (Å²) in [5, 5.41) is 1.01. The van der Waals surface area contributed by atoms with Crippen LogP contribution in [-0.2, 0) is 20.0 Å². The Morgan fingerprint density at radius 2 is 2.23 bits per heavy atom. The highest BCUT2D eigenvalue weighted by Crippen LogP contribution is 2.22. The van der Waals surface area contributed by atoms with E-state index in [1.54, 1.807) is 23.3 Å². The zero-order valence-electron chi connectivity index (χ0n) is 12.2. The van der Waals surface area contributed by atoms with E-state index < -0.39 is 0 Å². The standard InChI is InChI=1S/C16H15N5O/c1-20-9-14(18-10-20)16(22)21-6-4-13-12(8-21)7-11-3-2-5-17-15(11)19-13/h2-3,5,7,9-10H,4,6,8H2,1H3. The van der Waals surface area contributed by atoms with Crippen LogP contribution in [0.2, 0.25) is 0 Å². The molecule has 1 amide bonds. The van der Waals surface area contributed by atoms with Gasteiger partial charge in [-0.15, -0.1) is 0 Å². The second kappa shape index (κ2) is 4.91. The smallest absolute Gasteiger partial charge is 0.274 e. The van der Waals surface area contributed by atoms with Crippen molar-refractivity contribution in [3.8, 4) is 0 Å². The molecule has 110 valence electrons. The van der Waals surface area contributed by atoms with Gasteiger partial charge in [0, 0.05) is 50.0 Å². The van der Waals surface area contributed by atoms with Gasteiger partial charge in [-0.2, -0.15) is 0 Å². The Kier molecular flexibility index (Phi) is 2.89. The Balaban J connectivity index is 1.66. The molecule has 3 aromatic rings. The molecule has 0 N–H and O–H groups in total. The number of aromatic nitrogens is 4. The Morgan fingerprint density at radius 3 is 3.05 bits per heavy atom. The van der Waals surface area contributed by atoms with E-state index in [4.69, 9.17) is 0 Å². The van der Waals surface area contributed by atoms with Gasteiger partial charge in [-0.25, -0.2) is 15.0 Å². The van der Waals surface area contributed by atoms with Crippen LogP contribution in [0, 0.1) is 0 Å². The Morgan fingerprint density at radius 1 is 1.32 bits per heavy atom. The summed E-state index contributed by atoms with van der Waals surface area (Å²) in [5.74, 6) is -0.0301. The maximum absolute atomic E-state index is 12.5. The number of aryl methyl sites for hydroxylation is 1. The van der Waals surface area contributed by atoms with E-state index >= 15 is 0 Å². The van der Waals surface area contributed by atoms with Gasteiger partial charge in [-0.3, -0.25) is 4.79 Å². The lowest BCUT2D eigenvalue weighted by molar-refractivity contribution is 0.0728. The van der Waals surface area contributed by atoms with Crippen molar-refractivity contribution in [2.75, 3.05) is 6.54 Å². The second-order valence-corrected chi connectivity index (χ2v) is 5.55. The maximum Gasteiger partial charge on any atom is 0.274 e. The number of fused-ring (bicyclic) bond motifs is 2. The normalized spacial score (nSPS) is 14.1. The van der Waals surface area contributed by atoms with Gasteiger partial charge in [-0.05, 0) is 23.8 Å². The van der Waals surface area contributed by atoms with Gasteiger partial charge < -0.3 is 9.47 Å². The number of rotatable bonds is 1. The number of amides is 1. The molecule has 4 heterocycles. The molecule has 0 radical (unpaired) electrons. The minimum Gasteiger partial charge on any atom is -0.340 e. The van der Waals surface area contributed by atoms with Gasteiger partial charge in [0.25, 0.3) is 5.91 Å². The van der Waals surface area contributed by atoms with E-state index in [0.29, 0.717) is 18.8 Å². The molecule has 0 atom stereocenters. The lowest BCUT2D eigenvalue weighted by Gasteiger charge is -2.27. The summed E-state index contributed by atoms with van der Waals surface area (Å²) in [5.41, 5.74) is 3.39. The van der Waals surface area contributed by atoms with Crippen LogP contribution < -0.4 is 0 Å². The third-order valence-electron chi connectivity index (χ3n) is 3.95. The van der Waals surface area contributed by atoms with Crippen molar-refractivity contribution in [1.29, 1.82) is 0 Å². The zero-order valence-corrected chi connectivity index (χ0v) is 12.2. The molecule has 1 aliphatic heterocycles. The fourth-order valence-electron chi connectivity index (χ4n) is 2.82. The van der Waals surface area contributed by atoms with Crippen molar-refractivity contribution >= 4 is 16.9 Å². The largest absolute Gasteiger partial charge is 0.340 e. The Labute approximate surface area is 127 Å². The molecule has 6 nitrogen and oxygen atoms in total. The van der Waals surface area contributed by atoms with E-state index in [9.17, 15) is 4.79 Å². The third kappa shape index (κ3) is 2.13. The summed E-state index contributed by atoms with van der Waals surface area (Å²) in [6.45, 7) is 1.23. The lowest BCUT2D eigenvalue weighted by Crippen LogP contribution is -2.36. The van der Waals surface area contributed by atoms with Crippen LogP contribution in [0.15, 0.2) is 36.9 Å². The quantitative estimate of drug-likeness (QED) is 0.683. The number of carbonyl (C=O) groups is 1. The first-order chi connectivity index (χ1) is 10.7. The summed E-state index contributed by atoms with van der Waals surface area (Å²) in [6, 6.07) is 5.98. The number of hydrogen-bond donors (Lipinski definition) is 0. The summed E-state index contributed by atoms with van der Waals surface area (Å²) in [4.78, 5) is 27.4. The SMILES string of the molecule is Cn1cnc(C(=O)N2CCc3nc4ncccc4cc3C2)c1. The zero-order chi connectivity index (χ0) is 15.1. The van der Waals surface area contributed by atoms with Crippen LogP contribution in [0.5, 0.6) is 0 Å². The van der Waals surface area contributed by atoms with Crippen LogP contribution in [0.4, 0.5) is 0 Å². The maximum atomic E-state index is 12.5. The molecule has 6 heteroatoms. The number of nitrogens with zero attached hydrogens (tertiary/aromatic N) is 5. The van der Waals surface area contributed by atoms with E-state index in [0.717, 1.165) is 28.7 Å². The van der Waals surface area contributed by atoms with E-state index in [2.05, 4.69) is 21.0 Å². The van der Waals surface area contributed by atoms with Crippen molar-refractivity contribution in [2.45, 2.75) is 13.0 Å². The highest BCUT2D eigenvalue weighted by molar-refractivity contribution is 5.92. The first kappa shape index (κ1) is 12.9. The van der Waals surface area contributed by atoms with Crippen LogP contribution >= 0.6 is 0 Å². The van der Waals surface area contributed by atoms with Crippen molar-refractivity contribution in [3.05, 3.63) is 53.9 Å². The summed E-state index contributed by atoms with van der Waals surface area (Å²) in [6.07, 6.45) is 5.90. The number of pyridine rings is 2. The van der Waals surface area contributed by atoms with Crippen molar-refractivity contribution < 1.29 is 4.79 Å². The third-order valence-corrected chi connectivity index (χ3v) is 3.95. The molecule has 22 heavy (non-hydrogen) atoms. The Hall–Kier alpha value is -2.76. The molecular formula is C16H15N5O. The predicted molar refractivity (Wildman–Crippen MR) is 81.2 cm³/mol. The molecule has 0 saturated carbocycles. The fraction of sp³-hybridized carbons (Fsp3) is 0.250. The predicted octanol–water partition coefficient (Wildman–Crippen LogP) is 1.56. The van der Waals surface area contributed by atoms with Gasteiger partial charge in [0.1, 0.15) is 5.69 Å². The topological polar surface area (TPSA) is 63.9 Å². The van der Waals surface area contributed by atoms with Crippen LogP contribution in [-0.4, -0.2) is 36.9 Å². The molecule has 0 spiro atoms. The Bertz CT molecular complexity index is 870. The average molecular weight is 293 g/mol. The van der Waals surface area contributed by atoms with Crippen molar-refractivity contribution in [1.82, 2.24) is 24.4 Å². The fourth-order valence-corrected chi connectivity index (χ4v) is 2.82. The molecule has 0 bridgehead atoms. The number of hydrogen-bond acceptors (Lipinski definition) is 4. The molecule has 0 saturated heterocycles. The molecular weight excluding hydrogens is 278 g/mol. The highest BCUT2D eigenvalue weighted by Gasteiger charge is 2.24. The van der Waals surface area contributed by atoms with E-state index in [-0.39, 0.29) is 5.91 Å². The highest BCUT2D eigenvalue weighted by atomic mass is 16.2. The second-order valence-electron chi connectivity index (χ2n) is 5.55. The summed E-state index contributed by atoms with van der Waals surface area (Å²) < 4.78 is 1.78. The molecule has 0 fully saturated rings. The van der Waals surface area contributed by atoms with Gasteiger partial charge in [0.15, 0.2) is 5.65 Å². The van der Waals surface area contributed by atoms with E-state index in [1.807, 2.05) is 24.1 Å². The molecule has 0 aliphatic carbocycles. The van der Waals surface area contributed by atoms with Gasteiger partial charge >= 0.3 is 0 Å². The first-order valence-electron chi connectivity index (χ1n) is 7.21. The molecule has 0 unspecified atom stereocenters. The lowest BCUT2D eigenvalue weighted by atomic mass is 10.0. The average Bonchev–Trinajstić information content (AvgIpc) is 2.98. The van der Waals surface area contributed by atoms with Crippen LogP contribution in [0.3, 0.4) is 0 Å². The summed E-state index contributed by atoms with van der Waals surface area (Å²) in [7, 11) is 1.86. The minimum atomic E-state index is -0.0301. The molecule has 4 rings (SSSR count). The van der Waals surface area contributed by atoms with Gasteiger partial charge in [0.2, 0.25) is 0 Å². The number of carbonyl (C=O) groups excluding carboxylic acids is 1. The number of imidazole rings is 1. The first-order valence-corrected chi connectivity index (χ1v) is 7.21. The van der Waals surface area contributed by atoms with E-state index in [1.165, 1.54) is 0 Å².